The molecule has 0 saturated carbocycles. The van der Waals surface area contributed by atoms with E-state index in [1.807, 2.05) is 36.4 Å². The summed E-state index contributed by atoms with van der Waals surface area (Å²) in [5.41, 5.74) is 0. The first kappa shape index (κ1) is 15.3. The van der Waals surface area contributed by atoms with Crippen molar-refractivity contribution in [2.75, 3.05) is 12.5 Å². The van der Waals surface area contributed by atoms with Crippen molar-refractivity contribution in [1.82, 2.24) is 0 Å². The first-order valence-corrected chi connectivity index (χ1v) is 9.11. The van der Waals surface area contributed by atoms with Gasteiger partial charge in [-0.2, -0.15) is 0 Å². The molecule has 2 aromatic carbocycles. The van der Waals surface area contributed by atoms with E-state index >= 15 is 0 Å². The van der Waals surface area contributed by atoms with Crippen LogP contribution >= 0.6 is 18.3 Å². The molecule has 6 heteroatoms. The Morgan fingerprint density at radius 1 is 0.850 bits per heavy atom. The van der Waals surface area contributed by atoms with E-state index in [2.05, 4.69) is 0 Å². The topological polar surface area (TPSA) is 27.7 Å². The van der Waals surface area contributed by atoms with Gasteiger partial charge in [0, 0.05) is 17.7 Å². The summed E-state index contributed by atoms with van der Waals surface area (Å²) in [7, 11) is 0. The lowest BCUT2D eigenvalue weighted by Crippen LogP contribution is -2.06. The highest BCUT2D eigenvalue weighted by Gasteiger charge is 2.24. The zero-order valence-corrected chi connectivity index (χ0v) is 13.1. The molecule has 106 valence electrons. The van der Waals surface area contributed by atoms with Crippen LogP contribution in [0, 0.1) is 0 Å². The average molecular weight is 329 g/mol. The van der Waals surface area contributed by atoms with Crippen LogP contribution in [0.15, 0.2) is 60.7 Å². The van der Waals surface area contributed by atoms with Crippen molar-refractivity contribution in [3.63, 3.8) is 0 Å². The normalized spacial score (nSPS) is 11.1. The molecule has 0 fully saturated rings. The summed E-state index contributed by atoms with van der Waals surface area (Å²) in [6.07, 6.45) is 0. The molecule has 0 atom stereocenters. The number of benzene rings is 2. The fraction of sp³-hybridized carbons (Fsp3) is 0.143. The molecule has 0 bridgehead atoms. The molecule has 0 radical (unpaired) electrons. The van der Waals surface area contributed by atoms with Gasteiger partial charge in [0.05, 0.1) is 6.61 Å². The van der Waals surface area contributed by atoms with E-state index in [4.69, 9.17) is 37.0 Å². The molecule has 0 aromatic heterocycles. The first-order chi connectivity index (χ1) is 9.72. The zero-order valence-electron chi connectivity index (χ0n) is 10.6. The van der Waals surface area contributed by atoms with Crippen molar-refractivity contribution < 1.29 is 13.6 Å². The minimum Gasteiger partial charge on any atom is -0.416 e. The predicted octanol–water partition coefficient (Wildman–Crippen LogP) is 4.62. The third kappa shape index (κ3) is 4.80. The van der Waals surface area contributed by atoms with Gasteiger partial charge in [-0.3, -0.25) is 4.52 Å². The van der Waals surface area contributed by atoms with Gasteiger partial charge in [-0.25, -0.2) is 0 Å². The van der Waals surface area contributed by atoms with Crippen molar-refractivity contribution in [2.45, 2.75) is 0 Å². The van der Waals surface area contributed by atoms with E-state index in [1.165, 1.54) is 0 Å². The van der Waals surface area contributed by atoms with E-state index in [1.54, 1.807) is 24.3 Å². The van der Waals surface area contributed by atoms with Crippen LogP contribution < -0.4 is 9.05 Å². The molecule has 20 heavy (non-hydrogen) atoms. The standard InChI is InChI=1S/C14H14ClO3PS/c15-11-12-16-19(20,17-13-7-3-1-4-8-13)18-14-9-5-2-6-10-14/h1-10H,11-12H2. The smallest absolute Gasteiger partial charge is 0.416 e. The molecule has 0 heterocycles. The summed E-state index contributed by atoms with van der Waals surface area (Å²) < 4.78 is 17.0. The van der Waals surface area contributed by atoms with Gasteiger partial charge >= 0.3 is 6.72 Å². The van der Waals surface area contributed by atoms with E-state index in [-0.39, 0.29) is 6.61 Å². The Morgan fingerprint density at radius 3 is 1.70 bits per heavy atom. The third-order valence-electron chi connectivity index (χ3n) is 2.25. The van der Waals surface area contributed by atoms with Gasteiger partial charge in [0.1, 0.15) is 11.5 Å². The Labute approximate surface area is 128 Å². The Balaban J connectivity index is 2.15. The van der Waals surface area contributed by atoms with Gasteiger partial charge in [0.25, 0.3) is 0 Å². The second-order valence-corrected chi connectivity index (χ2v) is 7.02. The fourth-order valence-corrected chi connectivity index (χ4v) is 3.58. The molecule has 0 unspecified atom stereocenters. The molecule has 0 aliphatic heterocycles. The molecular weight excluding hydrogens is 315 g/mol. The third-order valence-corrected chi connectivity index (χ3v) is 4.53. The molecule has 0 spiro atoms. The number of alkyl halides is 1. The maximum Gasteiger partial charge on any atom is 0.434 e. The van der Waals surface area contributed by atoms with E-state index < -0.39 is 6.72 Å². The largest absolute Gasteiger partial charge is 0.434 e. The van der Waals surface area contributed by atoms with Gasteiger partial charge in [0.15, 0.2) is 0 Å². The van der Waals surface area contributed by atoms with E-state index in [0.29, 0.717) is 17.4 Å². The van der Waals surface area contributed by atoms with Crippen LogP contribution in [0.1, 0.15) is 0 Å². The summed E-state index contributed by atoms with van der Waals surface area (Å²) >= 11 is 11.1. The lowest BCUT2D eigenvalue weighted by molar-refractivity contribution is 0.278. The summed E-state index contributed by atoms with van der Waals surface area (Å²) in [6.45, 7) is -2.65. The van der Waals surface area contributed by atoms with E-state index in [9.17, 15) is 0 Å². The monoisotopic (exact) mass is 328 g/mol. The summed E-state index contributed by atoms with van der Waals surface area (Å²) in [4.78, 5) is 0. The highest BCUT2D eigenvalue weighted by Crippen LogP contribution is 2.49. The van der Waals surface area contributed by atoms with Crippen molar-refractivity contribution in [1.29, 1.82) is 0 Å². The maximum atomic E-state index is 5.73. The number of halogens is 1. The minimum absolute atomic E-state index is 0.276. The average Bonchev–Trinajstić information content (AvgIpc) is 2.47. The molecule has 2 aromatic rings. The molecule has 3 nitrogen and oxygen atoms in total. The Morgan fingerprint density at radius 2 is 1.30 bits per heavy atom. The lowest BCUT2D eigenvalue weighted by Gasteiger charge is -2.22. The van der Waals surface area contributed by atoms with Gasteiger partial charge in [-0.15, -0.1) is 11.6 Å². The van der Waals surface area contributed by atoms with Crippen LogP contribution in [0.4, 0.5) is 0 Å². The maximum absolute atomic E-state index is 5.73. The number of hydrogen-bond acceptors (Lipinski definition) is 4. The van der Waals surface area contributed by atoms with Gasteiger partial charge < -0.3 is 9.05 Å². The Bertz CT molecular complexity index is 520. The minimum atomic E-state index is -2.93. The van der Waals surface area contributed by atoms with Crippen molar-refractivity contribution >= 4 is 30.1 Å². The molecule has 0 saturated heterocycles. The van der Waals surface area contributed by atoms with Crippen LogP contribution in [0.2, 0.25) is 0 Å². The summed E-state index contributed by atoms with van der Waals surface area (Å²) in [6, 6.07) is 18.5. The van der Waals surface area contributed by atoms with E-state index in [0.717, 1.165) is 0 Å². The highest BCUT2D eigenvalue weighted by atomic mass is 35.5. The SMILES string of the molecule is S=P(OCCCl)(Oc1ccccc1)Oc1ccccc1. The van der Waals surface area contributed by atoms with Gasteiger partial charge in [-0.1, -0.05) is 36.4 Å². The number of hydrogen-bond donors (Lipinski definition) is 0. The Hall–Kier alpha value is -1.06. The molecule has 0 aliphatic carbocycles. The van der Waals surface area contributed by atoms with Crippen molar-refractivity contribution in [3.05, 3.63) is 60.7 Å². The van der Waals surface area contributed by atoms with Crippen LogP contribution in [0.3, 0.4) is 0 Å². The highest BCUT2D eigenvalue weighted by molar-refractivity contribution is 8.07. The second-order valence-electron chi connectivity index (χ2n) is 3.78. The quantitative estimate of drug-likeness (QED) is 0.547. The van der Waals surface area contributed by atoms with Gasteiger partial charge in [0.2, 0.25) is 0 Å². The Kier molecular flexibility index (Phi) is 5.86. The summed E-state index contributed by atoms with van der Waals surface area (Å²) in [5, 5.41) is 0. The van der Waals surface area contributed by atoms with Crippen LogP contribution in [0.25, 0.3) is 0 Å². The molecule has 0 aliphatic rings. The molecule has 2 rings (SSSR count). The second kappa shape index (κ2) is 7.65. The lowest BCUT2D eigenvalue weighted by atomic mass is 10.3. The predicted molar refractivity (Wildman–Crippen MR) is 85.1 cm³/mol. The molecular formula is C14H14ClO3PS. The van der Waals surface area contributed by atoms with Crippen molar-refractivity contribution in [2.24, 2.45) is 0 Å². The molecule has 0 amide bonds. The van der Waals surface area contributed by atoms with Crippen molar-refractivity contribution in [3.8, 4) is 11.5 Å². The van der Waals surface area contributed by atoms with Crippen LogP contribution in [0.5, 0.6) is 11.5 Å². The summed E-state index contributed by atoms with van der Waals surface area (Å²) in [5.74, 6) is 1.55. The molecule has 0 N–H and O–H groups in total. The number of para-hydroxylation sites is 2. The zero-order chi connectivity index (χ0) is 14.3. The number of rotatable bonds is 7. The fourth-order valence-electron chi connectivity index (χ4n) is 1.44. The van der Waals surface area contributed by atoms with Gasteiger partial charge in [-0.05, 0) is 24.3 Å². The van der Waals surface area contributed by atoms with Crippen LogP contribution in [-0.2, 0) is 16.3 Å². The van der Waals surface area contributed by atoms with Crippen LogP contribution in [-0.4, -0.2) is 12.5 Å². The first-order valence-electron chi connectivity index (χ1n) is 6.02.